The van der Waals surface area contributed by atoms with Crippen LogP contribution in [0.25, 0.3) is 11.0 Å². The SMILES string of the molecule is Cn1nnc2c(F)cc(Cl)cc21. The molecule has 12 heavy (non-hydrogen) atoms. The van der Waals surface area contributed by atoms with Gasteiger partial charge in [-0.3, -0.25) is 0 Å². The van der Waals surface area contributed by atoms with Crippen LogP contribution >= 0.6 is 11.6 Å². The first-order valence-corrected chi connectivity index (χ1v) is 3.71. The molecule has 3 nitrogen and oxygen atoms in total. The van der Waals surface area contributed by atoms with E-state index in [2.05, 4.69) is 10.3 Å². The van der Waals surface area contributed by atoms with Crippen molar-refractivity contribution in [2.24, 2.45) is 7.05 Å². The molecule has 0 unspecified atom stereocenters. The van der Waals surface area contributed by atoms with Gasteiger partial charge >= 0.3 is 0 Å². The molecule has 0 atom stereocenters. The lowest BCUT2D eigenvalue weighted by Gasteiger charge is -1.93. The van der Waals surface area contributed by atoms with Gasteiger partial charge in [-0.15, -0.1) is 5.10 Å². The molecule has 0 radical (unpaired) electrons. The van der Waals surface area contributed by atoms with E-state index in [1.807, 2.05) is 0 Å². The molecule has 1 aromatic heterocycles. The standard InChI is InChI=1S/C7H5ClFN3/c1-12-6-3-4(8)2-5(9)7(6)10-11-12/h2-3H,1H3. The Morgan fingerprint density at radius 2 is 2.25 bits per heavy atom. The van der Waals surface area contributed by atoms with E-state index in [-0.39, 0.29) is 5.52 Å². The maximum Gasteiger partial charge on any atom is 0.154 e. The lowest BCUT2D eigenvalue weighted by Crippen LogP contribution is -1.89. The number of benzene rings is 1. The molecule has 1 aromatic carbocycles. The van der Waals surface area contributed by atoms with Crippen molar-refractivity contribution in [3.05, 3.63) is 23.0 Å². The second kappa shape index (κ2) is 2.42. The van der Waals surface area contributed by atoms with E-state index < -0.39 is 5.82 Å². The molecule has 0 bridgehead atoms. The number of fused-ring (bicyclic) bond motifs is 1. The number of nitrogens with zero attached hydrogens (tertiary/aromatic N) is 3. The van der Waals surface area contributed by atoms with E-state index in [1.54, 1.807) is 13.1 Å². The van der Waals surface area contributed by atoms with Crippen LogP contribution in [0.1, 0.15) is 0 Å². The van der Waals surface area contributed by atoms with Crippen molar-refractivity contribution >= 4 is 22.6 Å². The van der Waals surface area contributed by atoms with Crippen molar-refractivity contribution in [1.82, 2.24) is 15.0 Å². The number of halogens is 2. The van der Waals surface area contributed by atoms with E-state index in [4.69, 9.17) is 11.6 Å². The minimum absolute atomic E-state index is 0.252. The lowest BCUT2D eigenvalue weighted by atomic mass is 10.3. The first-order chi connectivity index (χ1) is 5.68. The zero-order chi connectivity index (χ0) is 8.72. The van der Waals surface area contributed by atoms with Crippen LogP contribution in [0.4, 0.5) is 4.39 Å². The number of aromatic nitrogens is 3. The zero-order valence-electron chi connectivity index (χ0n) is 6.25. The Labute approximate surface area is 72.7 Å². The Morgan fingerprint density at radius 1 is 1.50 bits per heavy atom. The number of hydrogen-bond donors (Lipinski definition) is 0. The minimum atomic E-state index is -0.439. The van der Waals surface area contributed by atoms with Gasteiger partial charge in [-0.25, -0.2) is 9.07 Å². The first kappa shape index (κ1) is 7.49. The van der Waals surface area contributed by atoms with Crippen LogP contribution in [0.5, 0.6) is 0 Å². The molecule has 5 heteroatoms. The van der Waals surface area contributed by atoms with Gasteiger partial charge in [-0.2, -0.15) is 0 Å². The highest BCUT2D eigenvalue weighted by atomic mass is 35.5. The third-order valence-electron chi connectivity index (χ3n) is 1.64. The van der Waals surface area contributed by atoms with Gasteiger partial charge in [-0.1, -0.05) is 16.8 Å². The molecule has 0 N–H and O–H groups in total. The normalized spacial score (nSPS) is 10.9. The Balaban J connectivity index is 2.92. The van der Waals surface area contributed by atoms with Crippen molar-refractivity contribution in [3.63, 3.8) is 0 Å². The molecule has 0 aliphatic carbocycles. The highest BCUT2D eigenvalue weighted by Crippen LogP contribution is 2.19. The van der Waals surface area contributed by atoms with E-state index >= 15 is 0 Å². The Kier molecular flexibility index (Phi) is 1.51. The van der Waals surface area contributed by atoms with Crippen molar-refractivity contribution in [3.8, 4) is 0 Å². The van der Waals surface area contributed by atoms with Gasteiger partial charge in [0.25, 0.3) is 0 Å². The molecule has 0 aliphatic heterocycles. The molecule has 0 spiro atoms. The zero-order valence-corrected chi connectivity index (χ0v) is 7.01. The number of rotatable bonds is 0. The highest BCUT2D eigenvalue weighted by Gasteiger charge is 2.07. The molecule has 0 amide bonds. The van der Waals surface area contributed by atoms with Crippen LogP contribution in [0, 0.1) is 5.82 Å². The highest BCUT2D eigenvalue weighted by molar-refractivity contribution is 6.31. The van der Waals surface area contributed by atoms with Crippen LogP contribution in [0.3, 0.4) is 0 Å². The van der Waals surface area contributed by atoms with Gasteiger partial charge < -0.3 is 0 Å². The van der Waals surface area contributed by atoms with Crippen LogP contribution in [-0.2, 0) is 7.05 Å². The van der Waals surface area contributed by atoms with Crippen molar-refractivity contribution in [2.75, 3.05) is 0 Å². The van der Waals surface area contributed by atoms with Gasteiger partial charge in [0, 0.05) is 12.1 Å². The third-order valence-corrected chi connectivity index (χ3v) is 1.85. The maximum absolute atomic E-state index is 13.1. The van der Waals surface area contributed by atoms with Crippen LogP contribution < -0.4 is 0 Å². The van der Waals surface area contributed by atoms with Gasteiger partial charge in [0.2, 0.25) is 0 Å². The summed E-state index contributed by atoms with van der Waals surface area (Å²) in [6.07, 6.45) is 0. The average molecular weight is 186 g/mol. The summed E-state index contributed by atoms with van der Waals surface area (Å²) in [6.45, 7) is 0. The fourth-order valence-electron chi connectivity index (χ4n) is 1.06. The molecule has 62 valence electrons. The van der Waals surface area contributed by atoms with E-state index in [0.717, 1.165) is 0 Å². The summed E-state index contributed by atoms with van der Waals surface area (Å²) in [6, 6.07) is 2.85. The maximum atomic E-state index is 13.1. The molecule has 2 rings (SSSR count). The fourth-order valence-corrected chi connectivity index (χ4v) is 1.26. The van der Waals surface area contributed by atoms with Gasteiger partial charge in [0.05, 0.1) is 5.52 Å². The third kappa shape index (κ3) is 0.956. The summed E-state index contributed by atoms with van der Waals surface area (Å²) >= 11 is 5.64. The van der Waals surface area contributed by atoms with Gasteiger partial charge in [0.15, 0.2) is 5.82 Å². The predicted octanol–water partition coefficient (Wildman–Crippen LogP) is 1.76. The van der Waals surface area contributed by atoms with Crippen molar-refractivity contribution in [1.29, 1.82) is 0 Å². The first-order valence-electron chi connectivity index (χ1n) is 3.33. The van der Waals surface area contributed by atoms with E-state index in [9.17, 15) is 4.39 Å². The summed E-state index contributed by atoms with van der Waals surface area (Å²) in [5.74, 6) is -0.439. The molecular weight excluding hydrogens is 181 g/mol. The topological polar surface area (TPSA) is 30.7 Å². The van der Waals surface area contributed by atoms with Gasteiger partial charge in [-0.05, 0) is 12.1 Å². The minimum Gasteiger partial charge on any atom is -0.248 e. The average Bonchev–Trinajstić information content (AvgIpc) is 2.33. The van der Waals surface area contributed by atoms with Crippen LogP contribution in [0.15, 0.2) is 12.1 Å². The van der Waals surface area contributed by atoms with Crippen LogP contribution in [0.2, 0.25) is 5.02 Å². The van der Waals surface area contributed by atoms with Crippen molar-refractivity contribution < 1.29 is 4.39 Å². The molecule has 0 saturated heterocycles. The Morgan fingerprint density at radius 3 is 3.00 bits per heavy atom. The monoisotopic (exact) mass is 185 g/mol. The Hall–Kier alpha value is -1.16. The quantitative estimate of drug-likeness (QED) is 0.626. The smallest absolute Gasteiger partial charge is 0.154 e. The number of hydrogen-bond acceptors (Lipinski definition) is 2. The number of aryl methyl sites for hydroxylation is 1. The van der Waals surface area contributed by atoms with E-state index in [1.165, 1.54) is 10.7 Å². The molecular formula is C7H5ClFN3. The molecule has 2 aromatic rings. The molecule has 1 heterocycles. The molecule has 0 fully saturated rings. The predicted molar refractivity (Wildman–Crippen MR) is 43.5 cm³/mol. The summed E-state index contributed by atoms with van der Waals surface area (Å²) < 4.78 is 14.5. The van der Waals surface area contributed by atoms with Crippen molar-refractivity contribution in [2.45, 2.75) is 0 Å². The summed E-state index contributed by atoms with van der Waals surface area (Å²) in [5, 5.41) is 7.66. The Bertz CT molecular complexity index is 437. The van der Waals surface area contributed by atoms with Gasteiger partial charge in [0.1, 0.15) is 5.52 Å². The largest absolute Gasteiger partial charge is 0.248 e. The lowest BCUT2D eigenvalue weighted by molar-refractivity contribution is 0.636. The summed E-state index contributed by atoms with van der Waals surface area (Å²) in [5.41, 5.74) is 0.849. The molecule has 0 saturated carbocycles. The van der Waals surface area contributed by atoms with Crippen LogP contribution in [-0.4, -0.2) is 15.0 Å². The second-order valence-electron chi connectivity index (χ2n) is 2.47. The summed E-state index contributed by atoms with van der Waals surface area (Å²) in [7, 11) is 1.69. The molecule has 0 aliphatic rings. The summed E-state index contributed by atoms with van der Waals surface area (Å²) in [4.78, 5) is 0. The fraction of sp³-hybridized carbons (Fsp3) is 0.143. The van der Waals surface area contributed by atoms with E-state index in [0.29, 0.717) is 10.5 Å². The second-order valence-corrected chi connectivity index (χ2v) is 2.90.